The zero-order chi connectivity index (χ0) is 25.7. The van der Waals surface area contributed by atoms with Gasteiger partial charge in [0.05, 0.1) is 6.61 Å². The Kier molecular flexibility index (Phi) is 13.3. The number of nitrogens with two attached hydrogens (primary N) is 2. The van der Waals surface area contributed by atoms with Gasteiger partial charge in [-0.1, -0.05) is 13.8 Å². The van der Waals surface area contributed by atoms with E-state index in [1.165, 1.54) is 0 Å². The number of nitrogens with one attached hydrogen (secondary N) is 3. The Bertz CT molecular complexity index is 728. The molecule has 0 saturated heterocycles. The zero-order valence-electron chi connectivity index (χ0n) is 18.6. The van der Waals surface area contributed by atoms with E-state index in [2.05, 4.69) is 16.0 Å². The Balaban J connectivity index is 5.54. The smallest absolute Gasteiger partial charge is 0.326 e. The van der Waals surface area contributed by atoms with Crippen molar-refractivity contribution in [2.75, 3.05) is 6.61 Å². The van der Waals surface area contributed by atoms with Gasteiger partial charge in [-0.2, -0.15) is 0 Å². The van der Waals surface area contributed by atoms with Gasteiger partial charge in [0.25, 0.3) is 0 Å². The first-order chi connectivity index (χ1) is 15.3. The number of carbonyl (C=O) groups is 6. The number of amides is 4. The van der Waals surface area contributed by atoms with Crippen molar-refractivity contribution in [1.29, 1.82) is 0 Å². The van der Waals surface area contributed by atoms with Gasteiger partial charge < -0.3 is 42.7 Å². The number of hydrogen-bond donors (Lipinski definition) is 8. The van der Waals surface area contributed by atoms with Crippen LogP contribution in [0.2, 0.25) is 0 Å². The Morgan fingerprint density at radius 2 is 1.27 bits per heavy atom. The van der Waals surface area contributed by atoms with Gasteiger partial charge in [0, 0.05) is 12.8 Å². The summed E-state index contributed by atoms with van der Waals surface area (Å²) in [7, 11) is 0. The molecule has 0 bridgehead atoms. The molecule has 4 atom stereocenters. The summed E-state index contributed by atoms with van der Waals surface area (Å²) in [4.78, 5) is 70.7. The number of rotatable bonds is 16. The molecule has 4 amide bonds. The number of hydrogen-bond acceptors (Lipinski definition) is 8. The third-order valence-electron chi connectivity index (χ3n) is 4.45. The van der Waals surface area contributed by atoms with Crippen molar-refractivity contribution in [2.45, 2.75) is 70.1 Å². The molecule has 0 rings (SSSR count). The molecule has 0 aromatic carbocycles. The molecule has 10 N–H and O–H groups in total. The van der Waals surface area contributed by atoms with E-state index in [0.717, 1.165) is 0 Å². The van der Waals surface area contributed by atoms with Gasteiger partial charge in [0.15, 0.2) is 0 Å². The lowest BCUT2D eigenvalue weighted by molar-refractivity contribution is -0.143. The molecule has 0 radical (unpaired) electrons. The van der Waals surface area contributed by atoms with Crippen molar-refractivity contribution >= 4 is 35.6 Å². The molecule has 0 aliphatic carbocycles. The number of aliphatic hydroxyl groups is 1. The van der Waals surface area contributed by atoms with Gasteiger partial charge in [0.1, 0.15) is 24.2 Å². The first-order valence-corrected chi connectivity index (χ1v) is 10.3. The topological polar surface area (TPSA) is 251 Å². The van der Waals surface area contributed by atoms with Gasteiger partial charge in [-0.3, -0.25) is 24.0 Å². The summed E-state index contributed by atoms with van der Waals surface area (Å²) in [5.74, 6) is -6.17. The van der Waals surface area contributed by atoms with Crippen molar-refractivity contribution in [3.63, 3.8) is 0 Å². The molecule has 0 saturated carbocycles. The van der Waals surface area contributed by atoms with Gasteiger partial charge in [-0.25, -0.2) is 4.79 Å². The van der Waals surface area contributed by atoms with E-state index >= 15 is 0 Å². The average Bonchev–Trinajstić information content (AvgIpc) is 2.71. The highest BCUT2D eigenvalue weighted by Gasteiger charge is 2.31. The highest BCUT2D eigenvalue weighted by molar-refractivity contribution is 5.94. The third-order valence-corrected chi connectivity index (χ3v) is 4.45. The zero-order valence-corrected chi connectivity index (χ0v) is 18.6. The van der Waals surface area contributed by atoms with Crippen molar-refractivity contribution in [3.05, 3.63) is 0 Å². The van der Waals surface area contributed by atoms with E-state index in [-0.39, 0.29) is 31.6 Å². The Hall–Kier alpha value is -3.26. The summed E-state index contributed by atoms with van der Waals surface area (Å²) in [5.41, 5.74) is 10.4. The van der Waals surface area contributed by atoms with Crippen molar-refractivity contribution in [1.82, 2.24) is 16.0 Å². The van der Waals surface area contributed by atoms with Crippen molar-refractivity contribution in [3.8, 4) is 0 Å². The maximum Gasteiger partial charge on any atom is 0.326 e. The van der Waals surface area contributed by atoms with Gasteiger partial charge in [-0.15, -0.1) is 0 Å². The largest absolute Gasteiger partial charge is 0.481 e. The maximum absolute atomic E-state index is 12.8. The number of aliphatic hydroxyl groups excluding tert-OH is 1. The lowest BCUT2D eigenvalue weighted by atomic mass is 10.0. The van der Waals surface area contributed by atoms with Gasteiger partial charge in [-0.05, 0) is 25.2 Å². The molecule has 0 aliphatic rings. The standard InChI is InChI=1S/C19H33N5O9/c1-9(2)7-13(24-16(29)10(20)8-25)18(31)22-11(4-6-15(27)28)17(30)23-12(19(32)33)3-5-14(21)26/h9-13,25H,3-8,20H2,1-2H3,(H2,21,26)(H,22,31)(H,23,30)(H,24,29)(H,27,28)(H,32,33). The van der Waals surface area contributed by atoms with Crippen LogP contribution in [0.25, 0.3) is 0 Å². The molecular formula is C19H33N5O9. The normalized spacial score (nSPS) is 14.5. The van der Waals surface area contributed by atoms with Crippen LogP contribution in [-0.4, -0.2) is 81.7 Å². The summed E-state index contributed by atoms with van der Waals surface area (Å²) in [6, 6.07) is -5.37. The Morgan fingerprint density at radius 1 is 0.788 bits per heavy atom. The molecule has 4 unspecified atom stereocenters. The molecular weight excluding hydrogens is 442 g/mol. The molecule has 0 aromatic heterocycles. The fourth-order valence-corrected chi connectivity index (χ4v) is 2.69. The van der Waals surface area contributed by atoms with E-state index in [1.54, 1.807) is 13.8 Å². The van der Waals surface area contributed by atoms with E-state index in [9.17, 15) is 33.9 Å². The summed E-state index contributed by atoms with van der Waals surface area (Å²) in [5, 5.41) is 34.1. The van der Waals surface area contributed by atoms with Crippen LogP contribution in [0.4, 0.5) is 0 Å². The number of aliphatic carboxylic acids is 2. The lowest BCUT2D eigenvalue weighted by Gasteiger charge is -2.25. The minimum Gasteiger partial charge on any atom is -0.481 e. The second-order valence-electron chi connectivity index (χ2n) is 7.88. The molecule has 0 spiro atoms. The molecule has 14 nitrogen and oxygen atoms in total. The Labute approximate surface area is 190 Å². The second-order valence-corrected chi connectivity index (χ2v) is 7.88. The second kappa shape index (κ2) is 14.7. The summed E-state index contributed by atoms with van der Waals surface area (Å²) >= 11 is 0. The van der Waals surface area contributed by atoms with Gasteiger partial charge >= 0.3 is 11.9 Å². The van der Waals surface area contributed by atoms with Crippen LogP contribution < -0.4 is 27.4 Å². The number of carboxylic acids is 2. The van der Waals surface area contributed by atoms with Crippen LogP contribution in [0.5, 0.6) is 0 Å². The molecule has 0 fully saturated rings. The third kappa shape index (κ3) is 12.4. The SMILES string of the molecule is CC(C)CC(NC(=O)C(N)CO)C(=O)NC(CCC(=O)O)C(=O)NC(CCC(N)=O)C(=O)O. The fraction of sp³-hybridized carbons (Fsp3) is 0.684. The first kappa shape index (κ1) is 29.7. The molecule has 0 aliphatic heterocycles. The minimum atomic E-state index is -1.50. The van der Waals surface area contributed by atoms with Crippen molar-refractivity contribution in [2.24, 2.45) is 17.4 Å². The predicted molar refractivity (Wildman–Crippen MR) is 113 cm³/mol. The average molecular weight is 475 g/mol. The van der Waals surface area contributed by atoms with Crippen LogP contribution in [-0.2, 0) is 28.8 Å². The molecule has 33 heavy (non-hydrogen) atoms. The predicted octanol–water partition coefficient (Wildman–Crippen LogP) is -2.98. The van der Waals surface area contributed by atoms with Crippen LogP contribution >= 0.6 is 0 Å². The van der Waals surface area contributed by atoms with Gasteiger partial charge in [0.2, 0.25) is 23.6 Å². The number of carboxylic acid groups (broad SMARTS) is 2. The van der Waals surface area contributed by atoms with E-state index in [1.807, 2.05) is 0 Å². The van der Waals surface area contributed by atoms with E-state index < -0.39 is 72.8 Å². The highest BCUT2D eigenvalue weighted by atomic mass is 16.4. The minimum absolute atomic E-state index is 0.0807. The van der Waals surface area contributed by atoms with Crippen molar-refractivity contribution < 1.29 is 44.1 Å². The van der Waals surface area contributed by atoms with Crippen LogP contribution in [0.1, 0.15) is 46.0 Å². The monoisotopic (exact) mass is 475 g/mol. The molecule has 14 heteroatoms. The molecule has 188 valence electrons. The maximum atomic E-state index is 12.8. The van der Waals surface area contributed by atoms with Crippen LogP contribution in [0, 0.1) is 5.92 Å². The molecule has 0 aromatic rings. The summed E-state index contributed by atoms with van der Waals surface area (Å²) in [6.45, 7) is 2.87. The van der Waals surface area contributed by atoms with E-state index in [0.29, 0.717) is 0 Å². The first-order valence-electron chi connectivity index (χ1n) is 10.3. The summed E-state index contributed by atoms with van der Waals surface area (Å²) in [6.07, 6.45) is -1.38. The van der Waals surface area contributed by atoms with Crippen LogP contribution in [0.3, 0.4) is 0 Å². The summed E-state index contributed by atoms with van der Waals surface area (Å²) < 4.78 is 0. The lowest BCUT2D eigenvalue weighted by Crippen LogP contribution is -2.57. The van der Waals surface area contributed by atoms with E-state index in [4.69, 9.17) is 21.7 Å². The number of primary amides is 1. The quantitative estimate of drug-likeness (QED) is 0.112. The van der Waals surface area contributed by atoms with Crippen LogP contribution in [0.15, 0.2) is 0 Å². The molecule has 0 heterocycles. The number of carbonyl (C=O) groups excluding carboxylic acids is 4. The highest BCUT2D eigenvalue weighted by Crippen LogP contribution is 2.08. The Morgan fingerprint density at radius 3 is 1.73 bits per heavy atom. The fourth-order valence-electron chi connectivity index (χ4n) is 2.69.